The molecule has 1 aliphatic heterocycles. The van der Waals surface area contributed by atoms with E-state index in [4.69, 9.17) is 35.5 Å². The van der Waals surface area contributed by atoms with E-state index in [0.29, 0.717) is 35.3 Å². The van der Waals surface area contributed by atoms with Gasteiger partial charge in [0.15, 0.2) is 18.1 Å². The average molecular weight is 471 g/mol. The molecule has 0 spiro atoms. The minimum absolute atomic E-state index is 0.0241. The van der Waals surface area contributed by atoms with Gasteiger partial charge >= 0.3 is 0 Å². The highest BCUT2D eigenvalue weighted by atomic mass is 35.5. The van der Waals surface area contributed by atoms with Crippen molar-refractivity contribution in [1.29, 1.82) is 0 Å². The maximum atomic E-state index is 15.3. The number of benzene rings is 3. The molecular formula is C24H20ClFN2O5. The molecule has 4 rings (SSSR count). The van der Waals surface area contributed by atoms with Gasteiger partial charge in [-0.2, -0.15) is 4.39 Å². The minimum atomic E-state index is -0.677. The van der Waals surface area contributed by atoms with Crippen LogP contribution in [0.2, 0.25) is 5.02 Å². The Balaban J connectivity index is 1.66. The monoisotopic (exact) mass is 470 g/mol. The van der Waals surface area contributed by atoms with Crippen molar-refractivity contribution in [3.8, 4) is 23.0 Å². The van der Waals surface area contributed by atoms with Gasteiger partial charge in [0, 0.05) is 5.56 Å². The van der Waals surface area contributed by atoms with Crippen LogP contribution >= 0.6 is 11.6 Å². The van der Waals surface area contributed by atoms with E-state index in [1.807, 2.05) is 6.07 Å². The van der Waals surface area contributed by atoms with Crippen molar-refractivity contribution in [1.82, 2.24) is 0 Å². The topological polar surface area (TPSA) is 70.9 Å². The van der Waals surface area contributed by atoms with E-state index in [1.54, 1.807) is 48.5 Å². The molecule has 33 heavy (non-hydrogen) atoms. The summed E-state index contributed by atoms with van der Waals surface area (Å²) in [5, 5.41) is 8.20. The Morgan fingerprint density at radius 1 is 0.939 bits per heavy atom. The number of hydrogen-bond acceptors (Lipinski definition) is 7. The van der Waals surface area contributed by atoms with Crippen LogP contribution < -0.4 is 9.47 Å². The van der Waals surface area contributed by atoms with Crippen molar-refractivity contribution in [2.75, 3.05) is 20.3 Å². The van der Waals surface area contributed by atoms with Crippen molar-refractivity contribution in [2.45, 2.75) is 5.92 Å². The first kappa shape index (κ1) is 22.4. The van der Waals surface area contributed by atoms with Crippen LogP contribution in [-0.4, -0.2) is 32.4 Å². The molecular weight excluding hydrogens is 451 g/mol. The average Bonchev–Trinajstić information content (AvgIpc) is 2.85. The lowest BCUT2D eigenvalue weighted by molar-refractivity contribution is 0.0616. The van der Waals surface area contributed by atoms with Crippen LogP contribution in [0, 0.1) is 5.82 Å². The van der Waals surface area contributed by atoms with Crippen LogP contribution in [0.15, 0.2) is 77.0 Å². The molecule has 0 N–H and O–H groups in total. The van der Waals surface area contributed by atoms with Crippen LogP contribution in [0.4, 0.5) is 4.39 Å². The third-order valence-electron chi connectivity index (χ3n) is 4.62. The fourth-order valence-corrected chi connectivity index (χ4v) is 3.28. The maximum Gasteiger partial charge on any atom is 0.239 e. The Kier molecular flexibility index (Phi) is 7.26. The van der Waals surface area contributed by atoms with Gasteiger partial charge in [0.05, 0.1) is 11.2 Å². The van der Waals surface area contributed by atoms with Crippen LogP contribution in [0.5, 0.6) is 23.0 Å². The molecule has 170 valence electrons. The van der Waals surface area contributed by atoms with Gasteiger partial charge in [-0.1, -0.05) is 58.3 Å². The zero-order valence-electron chi connectivity index (χ0n) is 17.6. The number of halogens is 2. The molecule has 1 aliphatic rings. The van der Waals surface area contributed by atoms with Crippen molar-refractivity contribution in [3.05, 3.63) is 83.1 Å². The molecule has 9 heteroatoms. The van der Waals surface area contributed by atoms with Crippen molar-refractivity contribution in [3.63, 3.8) is 0 Å². The summed E-state index contributed by atoms with van der Waals surface area (Å²) in [6.07, 6.45) is 1.50. The molecule has 0 aromatic heterocycles. The van der Waals surface area contributed by atoms with Gasteiger partial charge in [-0.25, -0.2) is 0 Å². The second kappa shape index (κ2) is 10.7. The summed E-state index contributed by atoms with van der Waals surface area (Å²) in [7, 11) is 1.43. The maximum absolute atomic E-state index is 15.3. The summed E-state index contributed by atoms with van der Waals surface area (Å²) in [6, 6.07) is 18.5. The zero-order chi connectivity index (χ0) is 23.0. The van der Waals surface area contributed by atoms with E-state index in [9.17, 15) is 0 Å². The van der Waals surface area contributed by atoms with Crippen LogP contribution in [0.25, 0.3) is 0 Å². The predicted molar refractivity (Wildman–Crippen MR) is 122 cm³/mol. The molecule has 7 nitrogen and oxygen atoms in total. The second-order valence-electron chi connectivity index (χ2n) is 6.77. The summed E-state index contributed by atoms with van der Waals surface area (Å²) in [6.45, 7) is 0.689. The molecule has 1 heterocycles. The quantitative estimate of drug-likeness (QED) is 0.292. The lowest BCUT2D eigenvalue weighted by atomic mass is 9.99. The van der Waals surface area contributed by atoms with Crippen LogP contribution in [0.3, 0.4) is 0 Å². The number of para-hydroxylation sites is 2. The summed E-state index contributed by atoms with van der Waals surface area (Å²) >= 11 is 6.13. The summed E-state index contributed by atoms with van der Waals surface area (Å²) in [4.78, 5) is 9.99. The van der Waals surface area contributed by atoms with Gasteiger partial charge in [0.25, 0.3) is 0 Å². The van der Waals surface area contributed by atoms with E-state index in [0.717, 1.165) is 0 Å². The largest absolute Gasteiger partial charge is 0.474 e. The van der Waals surface area contributed by atoms with Crippen LogP contribution in [-0.2, 0) is 14.4 Å². The normalized spacial score (nSPS) is 14.1. The number of nitrogens with zero attached hydrogens (tertiary/aromatic N) is 2. The summed E-state index contributed by atoms with van der Waals surface area (Å²) in [5.41, 5.74) is 0.624. The highest BCUT2D eigenvalue weighted by Crippen LogP contribution is 2.37. The van der Waals surface area contributed by atoms with Gasteiger partial charge in [-0.05, 0) is 30.3 Å². The van der Waals surface area contributed by atoms with Crippen molar-refractivity contribution >= 4 is 23.7 Å². The van der Waals surface area contributed by atoms with E-state index >= 15 is 4.39 Å². The van der Waals surface area contributed by atoms with Crippen LogP contribution in [0.1, 0.15) is 11.5 Å². The summed E-state index contributed by atoms with van der Waals surface area (Å²) < 4.78 is 32.5. The van der Waals surface area contributed by atoms with Gasteiger partial charge in [0.1, 0.15) is 31.1 Å². The first-order valence-corrected chi connectivity index (χ1v) is 10.4. The summed E-state index contributed by atoms with van der Waals surface area (Å²) in [5.74, 6) is -0.318. The van der Waals surface area contributed by atoms with E-state index in [1.165, 1.54) is 25.5 Å². The third-order valence-corrected chi connectivity index (χ3v) is 4.93. The van der Waals surface area contributed by atoms with Gasteiger partial charge < -0.3 is 23.9 Å². The third kappa shape index (κ3) is 5.35. The molecule has 3 aromatic rings. The Labute approximate surface area is 194 Å². The smallest absolute Gasteiger partial charge is 0.239 e. The molecule has 0 saturated heterocycles. The number of hydrogen-bond donors (Lipinski definition) is 0. The van der Waals surface area contributed by atoms with Gasteiger partial charge in [-0.15, -0.1) is 0 Å². The molecule has 3 aromatic carbocycles. The SMILES string of the molecule is CO/N=C/C(C1=NOCCO1)c1ccccc1Oc1cccc(Oc2ccccc2Cl)c1F. The van der Waals surface area contributed by atoms with E-state index in [2.05, 4.69) is 10.3 Å². The molecule has 0 aliphatic carbocycles. The Bertz CT molecular complexity index is 1170. The Hall–Kier alpha value is -3.78. The molecule has 0 bridgehead atoms. The fraction of sp³-hybridized carbons (Fsp3) is 0.167. The molecule has 0 radical (unpaired) electrons. The molecule has 1 unspecified atom stereocenters. The van der Waals surface area contributed by atoms with E-state index in [-0.39, 0.29) is 17.4 Å². The van der Waals surface area contributed by atoms with Crippen molar-refractivity contribution in [2.24, 2.45) is 10.3 Å². The Morgan fingerprint density at radius 2 is 1.61 bits per heavy atom. The lowest BCUT2D eigenvalue weighted by Gasteiger charge is -2.21. The van der Waals surface area contributed by atoms with Gasteiger partial charge in [-0.3, -0.25) is 0 Å². The number of rotatable bonds is 8. The molecule has 1 atom stereocenters. The van der Waals surface area contributed by atoms with Gasteiger partial charge in [0.2, 0.25) is 11.7 Å². The highest BCUT2D eigenvalue weighted by molar-refractivity contribution is 6.32. The number of ether oxygens (including phenoxy) is 3. The first-order valence-electron chi connectivity index (χ1n) is 10.0. The Morgan fingerprint density at radius 3 is 2.30 bits per heavy atom. The molecule has 0 saturated carbocycles. The number of oxime groups is 2. The minimum Gasteiger partial charge on any atom is -0.474 e. The van der Waals surface area contributed by atoms with Crippen molar-refractivity contribution < 1.29 is 28.3 Å². The predicted octanol–water partition coefficient (Wildman–Crippen LogP) is 6.14. The highest BCUT2D eigenvalue weighted by Gasteiger charge is 2.26. The zero-order valence-corrected chi connectivity index (χ0v) is 18.4. The lowest BCUT2D eigenvalue weighted by Crippen LogP contribution is -2.24. The first-order chi connectivity index (χ1) is 16.2. The second-order valence-corrected chi connectivity index (χ2v) is 7.17. The molecule has 0 fully saturated rings. The fourth-order valence-electron chi connectivity index (χ4n) is 3.11. The van der Waals surface area contributed by atoms with E-state index < -0.39 is 11.7 Å². The standard InChI is InChI=1S/C24H20ClFN2O5/c1-29-27-15-17(24-28-31-14-13-30-24)16-7-2-4-9-19(16)32-21-11-6-12-22(23(21)26)33-20-10-5-3-8-18(20)25/h2-12,15,17H,13-14H2,1H3/b27-15+. The molecule has 0 amide bonds.